The minimum absolute atomic E-state index is 0.196. The van der Waals surface area contributed by atoms with Crippen molar-refractivity contribution in [2.75, 3.05) is 4.72 Å². The van der Waals surface area contributed by atoms with Crippen molar-refractivity contribution in [2.24, 2.45) is 0 Å². The van der Waals surface area contributed by atoms with Gasteiger partial charge < -0.3 is 5.32 Å². The van der Waals surface area contributed by atoms with Crippen molar-refractivity contribution in [3.63, 3.8) is 0 Å². The number of nitrogens with one attached hydrogen (secondary N) is 2. The van der Waals surface area contributed by atoms with E-state index in [-0.39, 0.29) is 10.8 Å². The molecule has 0 bridgehead atoms. The summed E-state index contributed by atoms with van der Waals surface area (Å²) in [5.74, 6) is -0.208. The van der Waals surface area contributed by atoms with E-state index in [0.29, 0.717) is 23.4 Å². The third-order valence-electron chi connectivity index (χ3n) is 4.36. The van der Waals surface area contributed by atoms with Crippen molar-refractivity contribution in [3.8, 4) is 0 Å². The van der Waals surface area contributed by atoms with Gasteiger partial charge in [0.1, 0.15) is 0 Å². The summed E-state index contributed by atoms with van der Waals surface area (Å²) in [6.45, 7) is 4.09. The van der Waals surface area contributed by atoms with Crippen LogP contribution in [0.2, 0.25) is 0 Å². The van der Waals surface area contributed by atoms with Gasteiger partial charge in [0.15, 0.2) is 0 Å². The number of aryl methyl sites for hydroxylation is 2. The quantitative estimate of drug-likeness (QED) is 0.663. The van der Waals surface area contributed by atoms with Crippen LogP contribution in [0.1, 0.15) is 27.0 Å². The Morgan fingerprint density at radius 3 is 2.21 bits per heavy atom. The Hall–Kier alpha value is -3.12. The first-order valence-corrected chi connectivity index (χ1v) is 10.4. The number of benzene rings is 3. The zero-order valence-electron chi connectivity index (χ0n) is 15.8. The second-order valence-electron chi connectivity index (χ2n) is 6.62. The van der Waals surface area contributed by atoms with Gasteiger partial charge in [0.2, 0.25) is 0 Å². The minimum atomic E-state index is -3.68. The molecule has 2 N–H and O–H groups in total. The van der Waals surface area contributed by atoms with Crippen LogP contribution >= 0.6 is 0 Å². The summed E-state index contributed by atoms with van der Waals surface area (Å²) in [4.78, 5) is 12.6. The van der Waals surface area contributed by atoms with E-state index < -0.39 is 10.0 Å². The van der Waals surface area contributed by atoms with E-state index >= 15 is 0 Å². The average molecular weight is 394 g/mol. The fourth-order valence-corrected chi connectivity index (χ4v) is 3.85. The van der Waals surface area contributed by atoms with E-state index in [1.807, 2.05) is 37.3 Å². The zero-order valence-corrected chi connectivity index (χ0v) is 16.6. The first-order chi connectivity index (χ1) is 13.3. The van der Waals surface area contributed by atoms with E-state index in [2.05, 4.69) is 10.0 Å². The molecule has 6 heteroatoms. The number of sulfonamides is 1. The highest BCUT2D eigenvalue weighted by atomic mass is 32.2. The average Bonchev–Trinajstić information content (AvgIpc) is 2.68. The van der Waals surface area contributed by atoms with E-state index in [4.69, 9.17) is 0 Å². The highest BCUT2D eigenvalue weighted by Gasteiger charge is 2.16. The van der Waals surface area contributed by atoms with Crippen molar-refractivity contribution < 1.29 is 13.2 Å². The van der Waals surface area contributed by atoms with Gasteiger partial charge in [-0.15, -0.1) is 0 Å². The van der Waals surface area contributed by atoms with Gasteiger partial charge in [-0.05, 0) is 55.3 Å². The third-order valence-corrected chi connectivity index (χ3v) is 5.74. The second kappa shape index (κ2) is 8.27. The zero-order chi connectivity index (χ0) is 20.1. The molecule has 0 aliphatic carbocycles. The van der Waals surface area contributed by atoms with E-state index in [1.54, 1.807) is 49.4 Å². The Morgan fingerprint density at radius 2 is 1.57 bits per heavy atom. The molecule has 0 radical (unpaired) electrons. The molecular formula is C22H22N2O3S. The first-order valence-electron chi connectivity index (χ1n) is 8.87. The van der Waals surface area contributed by atoms with Crippen LogP contribution < -0.4 is 10.0 Å². The number of amides is 1. The highest BCUT2D eigenvalue weighted by molar-refractivity contribution is 7.92. The smallest absolute Gasteiger partial charge is 0.261 e. The summed E-state index contributed by atoms with van der Waals surface area (Å²) in [5.41, 5.74) is 3.59. The molecule has 0 heterocycles. The molecule has 144 valence electrons. The lowest BCUT2D eigenvalue weighted by Crippen LogP contribution is -2.23. The van der Waals surface area contributed by atoms with Crippen LogP contribution in [0.5, 0.6) is 0 Å². The Kier molecular flexibility index (Phi) is 5.80. The van der Waals surface area contributed by atoms with Crippen LogP contribution in [0, 0.1) is 13.8 Å². The lowest BCUT2D eigenvalue weighted by molar-refractivity contribution is 0.0951. The van der Waals surface area contributed by atoms with E-state index in [1.165, 1.54) is 0 Å². The Morgan fingerprint density at radius 1 is 0.893 bits per heavy atom. The van der Waals surface area contributed by atoms with Gasteiger partial charge in [-0.2, -0.15) is 0 Å². The molecule has 28 heavy (non-hydrogen) atoms. The number of hydrogen-bond donors (Lipinski definition) is 2. The van der Waals surface area contributed by atoms with E-state index in [0.717, 1.165) is 11.1 Å². The SMILES string of the molecule is Cc1ccc(S(=O)(=O)Nc2ccc(C(=O)NCc3ccccc3)cc2C)cc1. The number of anilines is 1. The number of carbonyl (C=O) groups excluding carboxylic acids is 1. The van der Waals surface area contributed by atoms with Crippen molar-refractivity contribution in [1.29, 1.82) is 0 Å². The molecule has 3 aromatic rings. The van der Waals surface area contributed by atoms with Crippen LogP contribution in [0.4, 0.5) is 5.69 Å². The number of rotatable bonds is 6. The van der Waals surface area contributed by atoms with Gasteiger partial charge in [0.25, 0.3) is 15.9 Å². The van der Waals surface area contributed by atoms with Crippen molar-refractivity contribution in [2.45, 2.75) is 25.3 Å². The summed E-state index contributed by atoms with van der Waals surface area (Å²) in [5, 5.41) is 2.86. The molecule has 3 aromatic carbocycles. The maximum atomic E-state index is 12.6. The first kappa shape index (κ1) is 19.6. The van der Waals surface area contributed by atoms with Gasteiger partial charge in [-0.3, -0.25) is 9.52 Å². The Labute approximate surface area is 165 Å². The minimum Gasteiger partial charge on any atom is -0.348 e. The monoisotopic (exact) mass is 394 g/mol. The molecule has 3 rings (SSSR count). The summed E-state index contributed by atoms with van der Waals surface area (Å²) in [6, 6.07) is 21.2. The molecular weight excluding hydrogens is 372 g/mol. The maximum Gasteiger partial charge on any atom is 0.261 e. The molecule has 0 spiro atoms. The van der Waals surface area contributed by atoms with Crippen LogP contribution in [0.25, 0.3) is 0 Å². The normalized spacial score (nSPS) is 11.1. The standard InChI is InChI=1S/C22H22N2O3S/c1-16-8-11-20(12-9-16)28(26,27)24-21-13-10-19(14-17(21)2)22(25)23-15-18-6-4-3-5-7-18/h3-14,24H,15H2,1-2H3,(H,23,25). The molecule has 0 atom stereocenters. The number of carbonyl (C=O) groups is 1. The van der Waals surface area contributed by atoms with Gasteiger partial charge in [0.05, 0.1) is 10.6 Å². The summed E-state index contributed by atoms with van der Waals surface area (Å²) in [6.07, 6.45) is 0. The molecule has 0 unspecified atom stereocenters. The molecule has 0 fully saturated rings. The lowest BCUT2D eigenvalue weighted by Gasteiger charge is -2.12. The lowest BCUT2D eigenvalue weighted by atomic mass is 10.1. The molecule has 1 amide bonds. The molecule has 0 saturated carbocycles. The van der Waals surface area contributed by atoms with Gasteiger partial charge >= 0.3 is 0 Å². The fourth-order valence-electron chi connectivity index (χ4n) is 2.72. The topological polar surface area (TPSA) is 75.3 Å². The van der Waals surface area contributed by atoms with Crippen LogP contribution in [-0.2, 0) is 16.6 Å². The summed E-state index contributed by atoms with van der Waals surface area (Å²) in [7, 11) is -3.68. The van der Waals surface area contributed by atoms with Gasteiger partial charge in [-0.1, -0.05) is 48.0 Å². The van der Waals surface area contributed by atoms with Crippen molar-refractivity contribution >= 4 is 21.6 Å². The summed E-state index contributed by atoms with van der Waals surface area (Å²) < 4.78 is 27.7. The highest BCUT2D eigenvalue weighted by Crippen LogP contribution is 2.21. The molecule has 0 aliphatic rings. The molecule has 5 nitrogen and oxygen atoms in total. The van der Waals surface area contributed by atoms with E-state index in [9.17, 15) is 13.2 Å². The third kappa shape index (κ3) is 4.78. The Bertz CT molecular complexity index is 1080. The number of hydrogen-bond acceptors (Lipinski definition) is 3. The van der Waals surface area contributed by atoms with Gasteiger partial charge in [0, 0.05) is 12.1 Å². The maximum absolute atomic E-state index is 12.6. The molecule has 0 saturated heterocycles. The summed E-state index contributed by atoms with van der Waals surface area (Å²) >= 11 is 0. The van der Waals surface area contributed by atoms with Gasteiger partial charge in [-0.25, -0.2) is 8.42 Å². The van der Waals surface area contributed by atoms with Crippen molar-refractivity contribution in [3.05, 3.63) is 95.1 Å². The predicted molar refractivity (Wildman–Crippen MR) is 111 cm³/mol. The second-order valence-corrected chi connectivity index (χ2v) is 8.30. The largest absolute Gasteiger partial charge is 0.348 e. The van der Waals surface area contributed by atoms with Crippen molar-refractivity contribution in [1.82, 2.24) is 5.32 Å². The van der Waals surface area contributed by atoms with Crippen LogP contribution in [0.15, 0.2) is 77.7 Å². The predicted octanol–water partition coefficient (Wildman–Crippen LogP) is 4.03. The van der Waals surface area contributed by atoms with Crippen LogP contribution in [0.3, 0.4) is 0 Å². The Balaban J connectivity index is 1.71. The van der Waals surface area contributed by atoms with Crippen LogP contribution in [-0.4, -0.2) is 14.3 Å². The fraction of sp³-hybridized carbons (Fsp3) is 0.136. The molecule has 0 aliphatic heterocycles. The molecule has 0 aromatic heterocycles.